The molecular weight excluding hydrogens is 384 g/mol. The molecule has 5 rings (SSSR count). The van der Waals surface area contributed by atoms with Crippen molar-refractivity contribution in [2.45, 2.75) is 50.5 Å². The number of piperidine rings is 1. The highest BCUT2D eigenvalue weighted by molar-refractivity contribution is 5.51. The van der Waals surface area contributed by atoms with Crippen LogP contribution in [-0.4, -0.2) is 56.2 Å². The van der Waals surface area contributed by atoms with Crippen molar-refractivity contribution in [2.75, 3.05) is 46.4 Å². The number of methoxy groups -OCH3 is 1. The topological polar surface area (TPSA) is 24.9 Å². The first-order chi connectivity index (χ1) is 15.3. The Morgan fingerprint density at radius 2 is 1.77 bits per heavy atom. The molecule has 2 aromatic rings. The van der Waals surface area contributed by atoms with Gasteiger partial charge >= 0.3 is 0 Å². The first kappa shape index (κ1) is 20.8. The minimum absolute atomic E-state index is 0.355. The van der Waals surface area contributed by atoms with E-state index in [0.29, 0.717) is 12.0 Å². The first-order valence-electron chi connectivity index (χ1n) is 12.2. The number of rotatable bonds is 7. The van der Waals surface area contributed by atoms with Gasteiger partial charge in [0, 0.05) is 30.6 Å². The maximum atomic E-state index is 6.47. The van der Waals surface area contributed by atoms with Crippen LogP contribution in [0.5, 0.6) is 11.5 Å². The molecule has 166 valence electrons. The summed E-state index contributed by atoms with van der Waals surface area (Å²) in [5.74, 6) is 2.37. The van der Waals surface area contributed by atoms with Crippen LogP contribution in [0.2, 0.25) is 0 Å². The first-order valence-corrected chi connectivity index (χ1v) is 12.2. The molecule has 0 radical (unpaired) electrons. The molecule has 2 fully saturated rings. The molecule has 3 heterocycles. The van der Waals surface area contributed by atoms with Crippen molar-refractivity contribution in [1.29, 1.82) is 0 Å². The second-order valence-corrected chi connectivity index (χ2v) is 9.34. The third-order valence-electron chi connectivity index (χ3n) is 7.43. The summed E-state index contributed by atoms with van der Waals surface area (Å²) >= 11 is 0. The van der Waals surface area contributed by atoms with E-state index >= 15 is 0 Å². The minimum atomic E-state index is 0.355. The normalized spacial score (nSPS) is 23.9. The van der Waals surface area contributed by atoms with Crippen LogP contribution in [0.1, 0.15) is 67.2 Å². The average molecular weight is 421 g/mol. The molecule has 2 atom stereocenters. The van der Waals surface area contributed by atoms with Gasteiger partial charge in [-0.1, -0.05) is 30.7 Å². The summed E-state index contributed by atoms with van der Waals surface area (Å²) in [6, 6.07) is 15.9. The Balaban J connectivity index is 1.36. The summed E-state index contributed by atoms with van der Waals surface area (Å²) in [6.45, 7) is 6.77. The van der Waals surface area contributed by atoms with Gasteiger partial charge in [0.25, 0.3) is 0 Å². The van der Waals surface area contributed by atoms with Crippen LogP contribution in [0.25, 0.3) is 0 Å². The molecule has 4 nitrogen and oxygen atoms in total. The van der Waals surface area contributed by atoms with Gasteiger partial charge in [-0.25, -0.2) is 0 Å². The van der Waals surface area contributed by atoms with Crippen molar-refractivity contribution < 1.29 is 9.47 Å². The van der Waals surface area contributed by atoms with E-state index in [2.05, 4.69) is 52.3 Å². The van der Waals surface area contributed by atoms with Crippen LogP contribution < -0.4 is 9.47 Å². The van der Waals surface area contributed by atoms with Gasteiger partial charge in [0.15, 0.2) is 0 Å². The molecule has 4 heteroatoms. The van der Waals surface area contributed by atoms with E-state index in [1.165, 1.54) is 68.4 Å². The van der Waals surface area contributed by atoms with Gasteiger partial charge < -0.3 is 14.4 Å². The number of likely N-dealkylation sites (tertiary alicyclic amines) is 1. The molecule has 0 amide bonds. The van der Waals surface area contributed by atoms with Crippen LogP contribution in [-0.2, 0) is 0 Å². The maximum absolute atomic E-state index is 6.47. The summed E-state index contributed by atoms with van der Waals surface area (Å²) in [6.07, 6.45) is 7.77. The van der Waals surface area contributed by atoms with Gasteiger partial charge in [-0.3, -0.25) is 4.90 Å². The standard InChI is InChI=1S/C27H36N2O2/c1-30-22-13-11-21(12-14-22)24-20-29-18-6-9-25(29)23-8-5-10-26(27(23)24)31-19-7-17-28-15-3-2-4-16-28/h5,8,10-14,24-25H,2-4,6-7,9,15-20H2,1H3/t24-,25-/m0/s1. The van der Waals surface area contributed by atoms with E-state index in [0.717, 1.165) is 37.6 Å². The van der Waals surface area contributed by atoms with Crippen molar-refractivity contribution >= 4 is 0 Å². The second kappa shape index (κ2) is 9.62. The predicted octanol–water partition coefficient (Wildman–Crippen LogP) is 5.23. The van der Waals surface area contributed by atoms with Gasteiger partial charge in [0.1, 0.15) is 11.5 Å². The molecule has 3 aliphatic rings. The molecule has 0 N–H and O–H groups in total. The molecule has 2 aromatic carbocycles. The van der Waals surface area contributed by atoms with Crippen molar-refractivity contribution in [3.63, 3.8) is 0 Å². The highest BCUT2D eigenvalue weighted by Crippen LogP contribution is 2.47. The lowest BCUT2D eigenvalue weighted by Gasteiger charge is -2.38. The van der Waals surface area contributed by atoms with E-state index in [4.69, 9.17) is 9.47 Å². The van der Waals surface area contributed by atoms with E-state index < -0.39 is 0 Å². The van der Waals surface area contributed by atoms with Crippen LogP contribution in [0.3, 0.4) is 0 Å². The number of benzene rings is 2. The maximum Gasteiger partial charge on any atom is 0.123 e. The fourth-order valence-corrected chi connectivity index (χ4v) is 5.83. The van der Waals surface area contributed by atoms with Crippen molar-refractivity contribution in [1.82, 2.24) is 9.80 Å². The average Bonchev–Trinajstić information content (AvgIpc) is 3.31. The Morgan fingerprint density at radius 3 is 2.58 bits per heavy atom. The van der Waals surface area contributed by atoms with Gasteiger partial charge in [0.2, 0.25) is 0 Å². The molecule has 3 aliphatic heterocycles. The van der Waals surface area contributed by atoms with E-state index in [1.807, 2.05) is 0 Å². The van der Waals surface area contributed by atoms with Gasteiger partial charge in [0.05, 0.1) is 13.7 Å². The number of ether oxygens (including phenoxy) is 2. The monoisotopic (exact) mass is 420 g/mol. The van der Waals surface area contributed by atoms with Crippen LogP contribution >= 0.6 is 0 Å². The lowest BCUT2D eigenvalue weighted by atomic mass is 9.81. The zero-order chi connectivity index (χ0) is 21.0. The van der Waals surface area contributed by atoms with Crippen molar-refractivity contribution in [3.05, 3.63) is 59.2 Å². The Bertz CT molecular complexity index is 860. The molecule has 0 unspecified atom stereocenters. The summed E-state index contributed by atoms with van der Waals surface area (Å²) in [7, 11) is 1.73. The highest BCUT2D eigenvalue weighted by Gasteiger charge is 2.38. The third-order valence-corrected chi connectivity index (χ3v) is 7.43. The Morgan fingerprint density at radius 1 is 0.935 bits per heavy atom. The van der Waals surface area contributed by atoms with Crippen LogP contribution in [0.4, 0.5) is 0 Å². The molecule has 2 saturated heterocycles. The fraction of sp³-hybridized carbons (Fsp3) is 0.556. The molecule has 0 bridgehead atoms. The number of fused-ring (bicyclic) bond motifs is 3. The summed E-state index contributed by atoms with van der Waals surface area (Å²) in [5.41, 5.74) is 4.27. The largest absolute Gasteiger partial charge is 0.497 e. The zero-order valence-corrected chi connectivity index (χ0v) is 18.9. The highest BCUT2D eigenvalue weighted by atomic mass is 16.5. The summed E-state index contributed by atoms with van der Waals surface area (Å²) in [4.78, 5) is 5.28. The molecule has 0 aliphatic carbocycles. The Hall–Kier alpha value is -2.04. The summed E-state index contributed by atoms with van der Waals surface area (Å²) in [5, 5.41) is 0. The molecular formula is C27H36N2O2. The predicted molar refractivity (Wildman–Crippen MR) is 125 cm³/mol. The van der Waals surface area contributed by atoms with Crippen LogP contribution in [0, 0.1) is 0 Å². The smallest absolute Gasteiger partial charge is 0.123 e. The lowest BCUT2D eigenvalue weighted by Crippen LogP contribution is -2.35. The van der Waals surface area contributed by atoms with E-state index in [1.54, 1.807) is 7.11 Å². The molecule has 0 spiro atoms. The third kappa shape index (κ3) is 4.47. The van der Waals surface area contributed by atoms with Gasteiger partial charge in [-0.05, 0) is 81.1 Å². The second-order valence-electron chi connectivity index (χ2n) is 9.34. The fourth-order valence-electron chi connectivity index (χ4n) is 5.83. The Labute approximate surface area is 187 Å². The summed E-state index contributed by atoms with van der Waals surface area (Å²) < 4.78 is 11.9. The quantitative estimate of drug-likeness (QED) is 0.573. The zero-order valence-electron chi connectivity index (χ0n) is 18.9. The molecule has 0 saturated carbocycles. The van der Waals surface area contributed by atoms with Crippen LogP contribution in [0.15, 0.2) is 42.5 Å². The van der Waals surface area contributed by atoms with Crippen molar-refractivity contribution in [3.8, 4) is 11.5 Å². The van der Waals surface area contributed by atoms with E-state index in [-0.39, 0.29) is 0 Å². The van der Waals surface area contributed by atoms with Gasteiger partial charge in [-0.15, -0.1) is 0 Å². The number of nitrogens with zero attached hydrogens (tertiary/aromatic N) is 2. The minimum Gasteiger partial charge on any atom is -0.497 e. The lowest BCUT2D eigenvalue weighted by molar-refractivity contribution is 0.200. The SMILES string of the molecule is COc1ccc([C@@H]2CN3CCC[C@H]3c3cccc(OCCCN4CCCCC4)c32)cc1. The van der Waals surface area contributed by atoms with Gasteiger partial charge in [-0.2, -0.15) is 0 Å². The van der Waals surface area contributed by atoms with Crippen molar-refractivity contribution in [2.24, 2.45) is 0 Å². The molecule has 31 heavy (non-hydrogen) atoms. The number of hydrogen-bond acceptors (Lipinski definition) is 4. The Kier molecular flexibility index (Phi) is 6.47. The van der Waals surface area contributed by atoms with E-state index in [9.17, 15) is 0 Å². The molecule has 0 aromatic heterocycles. The number of hydrogen-bond donors (Lipinski definition) is 0.